The number of hydrogen-bond donors (Lipinski definition) is 1. The molecule has 1 aromatic heterocycles. The Balaban J connectivity index is 1.76. The number of rotatable bonds is 9. The Morgan fingerprint density at radius 2 is 2.07 bits per heavy atom. The highest BCUT2D eigenvalue weighted by Gasteiger charge is 2.22. The summed E-state index contributed by atoms with van der Waals surface area (Å²) < 4.78 is 21.1. The second-order valence-corrected chi connectivity index (χ2v) is 7.87. The minimum absolute atomic E-state index is 0.00583. The maximum atomic E-state index is 13.3. The van der Waals surface area contributed by atoms with Gasteiger partial charge in [-0.05, 0) is 49.9 Å². The molecule has 1 aliphatic rings. The number of aromatic nitrogens is 3. The van der Waals surface area contributed by atoms with Gasteiger partial charge >= 0.3 is 0 Å². The molecule has 0 saturated carbocycles. The molecule has 0 radical (unpaired) electrons. The zero-order chi connectivity index (χ0) is 19.9. The summed E-state index contributed by atoms with van der Waals surface area (Å²) in [6.45, 7) is 5.51. The first-order valence-electron chi connectivity index (χ1n) is 9.83. The van der Waals surface area contributed by atoms with Crippen LogP contribution in [-0.4, -0.2) is 45.2 Å². The number of halogens is 1. The third kappa shape index (κ3) is 5.32. The molecule has 1 N–H and O–H groups in total. The van der Waals surface area contributed by atoms with Gasteiger partial charge in [0.25, 0.3) is 0 Å². The van der Waals surface area contributed by atoms with E-state index >= 15 is 0 Å². The minimum Gasteiger partial charge on any atom is -0.376 e. The Morgan fingerprint density at radius 1 is 1.32 bits per heavy atom. The fourth-order valence-electron chi connectivity index (χ4n) is 3.26. The highest BCUT2D eigenvalue weighted by Crippen LogP contribution is 2.26. The van der Waals surface area contributed by atoms with Crippen molar-refractivity contribution < 1.29 is 13.9 Å². The van der Waals surface area contributed by atoms with E-state index < -0.39 is 0 Å². The predicted octanol–water partition coefficient (Wildman–Crippen LogP) is 3.66. The lowest BCUT2D eigenvalue weighted by molar-refractivity contribution is -0.119. The molecule has 2 aromatic rings. The molecule has 1 atom stereocenters. The summed E-state index contributed by atoms with van der Waals surface area (Å²) in [4.78, 5) is 12.3. The van der Waals surface area contributed by atoms with Crippen molar-refractivity contribution in [1.82, 2.24) is 20.1 Å². The van der Waals surface area contributed by atoms with Crippen molar-refractivity contribution in [3.8, 4) is 11.4 Å². The Morgan fingerprint density at radius 3 is 2.71 bits per heavy atom. The van der Waals surface area contributed by atoms with Crippen LogP contribution in [0, 0.1) is 5.82 Å². The van der Waals surface area contributed by atoms with Crippen molar-refractivity contribution in [3.05, 3.63) is 30.1 Å². The SMILES string of the molecule is CCC(CC)NC(=O)CSc1nnc(-c2ccc(F)cc2)n1C[C@H]1CCCO1. The topological polar surface area (TPSA) is 69.0 Å². The van der Waals surface area contributed by atoms with Gasteiger partial charge in [-0.15, -0.1) is 10.2 Å². The van der Waals surface area contributed by atoms with Crippen molar-refractivity contribution in [1.29, 1.82) is 0 Å². The van der Waals surface area contributed by atoms with Crippen LogP contribution in [0.5, 0.6) is 0 Å². The summed E-state index contributed by atoms with van der Waals surface area (Å²) in [6.07, 6.45) is 3.96. The fraction of sp³-hybridized carbons (Fsp3) is 0.550. The number of thioether (sulfide) groups is 1. The van der Waals surface area contributed by atoms with Gasteiger partial charge in [0.15, 0.2) is 11.0 Å². The fourth-order valence-corrected chi connectivity index (χ4v) is 4.02. The van der Waals surface area contributed by atoms with Crippen LogP contribution in [0.4, 0.5) is 4.39 Å². The van der Waals surface area contributed by atoms with Gasteiger partial charge < -0.3 is 10.1 Å². The minimum atomic E-state index is -0.290. The molecule has 0 aliphatic carbocycles. The van der Waals surface area contributed by atoms with E-state index in [0.29, 0.717) is 17.5 Å². The lowest BCUT2D eigenvalue weighted by atomic mass is 10.2. The lowest BCUT2D eigenvalue weighted by Crippen LogP contribution is -2.35. The molecule has 8 heteroatoms. The number of nitrogens with one attached hydrogen (secondary N) is 1. The highest BCUT2D eigenvalue weighted by atomic mass is 32.2. The van der Waals surface area contributed by atoms with Crippen molar-refractivity contribution >= 4 is 17.7 Å². The van der Waals surface area contributed by atoms with Crippen LogP contribution in [0.2, 0.25) is 0 Å². The predicted molar refractivity (Wildman–Crippen MR) is 108 cm³/mol. The molecule has 152 valence electrons. The van der Waals surface area contributed by atoms with Gasteiger partial charge in [0, 0.05) is 18.2 Å². The average Bonchev–Trinajstić information content (AvgIpc) is 3.36. The first-order valence-corrected chi connectivity index (χ1v) is 10.8. The quantitative estimate of drug-likeness (QED) is 0.644. The molecule has 2 heterocycles. The van der Waals surface area contributed by atoms with Crippen LogP contribution in [0.3, 0.4) is 0 Å². The normalized spacial score (nSPS) is 16.6. The smallest absolute Gasteiger partial charge is 0.230 e. The molecule has 1 amide bonds. The van der Waals surface area contributed by atoms with Crippen LogP contribution < -0.4 is 5.32 Å². The largest absolute Gasteiger partial charge is 0.376 e. The number of hydrogen-bond acceptors (Lipinski definition) is 5. The number of amides is 1. The Hall–Kier alpha value is -1.93. The molecule has 3 rings (SSSR count). The molecule has 1 aromatic carbocycles. The van der Waals surface area contributed by atoms with E-state index in [1.54, 1.807) is 12.1 Å². The van der Waals surface area contributed by atoms with E-state index in [1.165, 1.54) is 23.9 Å². The maximum absolute atomic E-state index is 13.3. The Bertz CT molecular complexity index is 771. The van der Waals surface area contributed by atoms with Gasteiger partial charge in [-0.2, -0.15) is 0 Å². The number of ether oxygens (including phenoxy) is 1. The van der Waals surface area contributed by atoms with E-state index in [4.69, 9.17) is 4.74 Å². The Kier molecular flexibility index (Phi) is 7.44. The number of carbonyl (C=O) groups excluding carboxylic acids is 1. The van der Waals surface area contributed by atoms with E-state index in [-0.39, 0.29) is 29.6 Å². The van der Waals surface area contributed by atoms with Gasteiger partial charge in [-0.3, -0.25) is 9.36 Å². The van der Waals surface area contributed by atoms with Crippen molar-refractivity contribution in [3.63, 3.8) is 0 Å². The van der Waals surface area contributed by atoms with E-state index in [9.17, 15) is 9.18 Å². The molecule has 0 unspecified atom stereocenters. The van der Waals surface area contributed by atoms with E-state index in [1.807, 2.05) is 4.57 Å². The first-order chi connectivity index (χ1) is 13.6. The van der Waals surface area contributed by atoms with Gasteiger partial charge in [0.1, 0.15) is 5.82 Å². The van der Waals surface area contributed by atoms with Gasteiger partial charge in [-0.25, -0.2) is 4.39 Å². The second-order valence-electron chi connectivity index (χ2n) is 6.93. The molecule has 1 saturated heterocycles. The third-order valence-corrected chi connectivity index (χ3v) is 5.88. The number of carbonyl (C=O) groups is 1. The molecular weight excluding hydrogens is 379 g/mol. The molecule has 6 nitrogen and oxygen atoms in total. The van der Waals surface area contributed by atoms with Crippen LogP contribution >= 0.6 is 11.8 Å². The van der Waals surface area contributed by atoms with Gasteiger partial charge in [0.05, 0.1) is 18.4 Å². The van der Waals surface area contributed by atoms with Crippen LogP contribution in [-0.2, 0) is 16.1 Å². The van der Waals surface area contributed by atoms with Gasteiger partial charge in [-0.1, -0.05) is 25.6 Å². The highest BCUT2D eigenvalue weighted by molar-refractivity contribution is 7.99. The van der Waals surface area contributed by atoms with E-state index in [0.717, 1.165) is 37.9 Å². The monoisotopic (exact) mass is 406 g/mol. The first kappa shape index (κ1) is 20.8. The van der Waals surface area contributed by atoms with E-state index in [2.05, 4.69) is 29.4 Å². The van der Waals surface area contributed by atoms with Crippen LogP contribution in [0.15, 0.2) is 29.4 Å². The summed E-state index contributed by atoms with van der Waals surface area (Å²) in [6, 6.07) is 6.42. The summed E-state index contributed by atoms with van der Waals surface area (Å²) in [5.41, 5.74) is 0.792. The third-order valence-electron chi connectivity index (χ3n) is 4.91. The van der Waals surface area contributed by atoms with Crippen LogP contribution in [0.25, 0.3) is 11.4 Å². The van der Waals surface area contributed by atoms with Crippen LogP contribution in [0.1, 0.15) is 39.5 Å². The summed E-state index contributed by atoms with van der Waals surface area (Å²) in [5.74, 6) is 0.651. The summed E-state index contributed by atoms with van der Waals surface area (Å²) >= 11 is 1.37. The molecule has 0 bridgehead atoms. The Labute approximate surface area is 169 Å². The molecule has 1 fully saturated rings. The van der Waals surface area contributed by atoms with Crippen molar-refractivity contribution in [2.75, 3.05) is 12.4 Å². The lowest BCUT2D eigenvalue weighted by Gasteiger charge is -2.16. The molecule has 1 aliphatic heterocycles. The average molecular weight is 407 g/mol. The zero-order valence-corrected chi connectivity index (χ0v) is 17.2. The zero-order valence-electron chi connectivity index (χ0n) is 16.4. The molecular formula is C20H27FN4O2S. The van der Waals surface area contributed by atoms with Crippen molar-refractivity contribution in [2.24, 2.45) is 0 Å². The summed E-state index contributed by atoms with van der Waals surface area (Å²) in [7, 11) is 0. The maximum Gasteiger partial charge on any atom is 0.230 e. The number of nitrogens with zero attached hydrogens (tertiary/aromatic N) is 3. The standard InChI is InChI=1S/C20H27FN4O2S/c1-3-16(4-2)22-18(26)13-28-20-24-23-19(14-7-9-15(21)10-8-14)25(20)12-17-6-5-11-27-17/h7-10,16-17H,3-6,11-13H2,1-2H3,(H,22,26)/t17-/m1/s1. The summed E-state index contributed by atoms with van der Waals surface area (Å²) in [5, 5.41) is 12.3. The molecule has 28 heavy (non-hydrogen) atoms. The second kappa shape index (κ2) is 10.0. The molecule has 0 spiro atoms. The van der Waals surface area contributed by atoms with Crippen molar-refractivity contribution in [2.45, 2.75) is 63.4 Å². The van der Waals surface area contributed by atoms with Gasteiger partial charge in [0.2, 0.25) is 5.91 Å². The number of benzene rings is 1.